The van der Waals surface area contributed by atoms with Gasteiger partial charge in [0.25, 0.3) is 0 Å². The summed E-state index contributed by atoms with van der Waals surface area (Å²) < 4.78 is 15.6. The number of methoxy groups -OCH3 is 2. The Bertz CT molecular complexity index is 656. The summed E-state index contributed by atoms with van der Waals surface area (Å²) in [5.74, 6) is 0.198. The SMILES string of the molecule is COc1cc(NC(=O)C(NC(=O)OC(C)(C)C)C(C)C)c(OC)cc1Cl. The summed E-state index contributed by atoms with van der Waals surface area (Å²) in [4.78, 5) is 24.7. The van der Waals surface area contributed by atoms with E-state index >= 15 is 0 Å². The summed E-state index contributed by atoms with van der Waals surface area (Å²) in [6, 6.07) is 2.31. The zero-order valence-electron chi connectivity index (χ0n) is 16.2. The van der Waals surface area contributed by atoms with Crippen molar-refractivity contribution in [1.29, 1.82) is 0 Å². The lowest BCUT2D eigenvalue weighted by Crippen LogP contribution is -2.48. The number of benzene rings is 1. The molecule has 0 aliphatic rings. The van der Waals surface area contributed by atoms with Crippen molar-refractivity contribution in [2.24, 2.45) is 5.92 Å². The highest BCUT2D eigenvalue weighted by Crippen LogP contribution is 2.36. The minimum Gasteiger partial charge on any atom is -0.495 e. The van der Waals surface area contributed by atoms with Crippen molar-refractivity contribution in [3.05, 3.63) is 17.2 Å². The Balaban J connectivity index is 2.99. The fraction of sp³-hybridized carbons (Fsp3) is 0.556. The number of hydrogen-bond donors (Lipinski definition) is 2. The quantitative estimate of drug-likeness (QED) is 0.775. The summed E-state index contributed by atoms with van der Waals surface area (Å²) in [6.07, 6.45) is -0.660. The van der Waals surface area contributed by atoms with Gasteiger partial charge < -0.3 is 24.8 Å². The van der Waals surface area contributed by atoms with Crippen molar-refractivity contribution in [1.82, 2.24) is 5.32 Å². The first-order valence-electron chi connectivity index (χ1n) is 8.20. The molecule has 0 radical (unpaired) electrons. The van der Waals surface area contributed by atoms with Crippen molar-refractivity contribution in [2.75, 3.05) is 19.5 Å². The first-order chi connectivity index (χ1) is 12.0. The molecule has 1 aromatic rings. The Morgan fingerprint density at radius 1 is 1.08 bits per heavy atom. The molecule has 1 aromatic carbocycles. The summed E-state index contributed by atoms with van der Waals surface area (Å²) in [5.41, 5.74) is -0.273. The molecule has 0 heterocycles. The van der Waals surface area contributed by atoms with Crippen LogP contribution in [0.2, 0.25) is 5.02 Å². The number of hydrogen-bond acceptors (Lipinski definition) is 5. The van der Waals surface area contributed by atoms with Crippen LogP contribution < -0.4 is 20.1 Å². The molecule has 0 saturated heterocycles. The fourth-order valence-corrected chi connectivity index (χ4v) is 2.37. The van der Waals surface area contributed by atoms with E-state index in [0.717, 1.165) is 0 Å². The number of alkyl carbamates (subject to hydrolysis) is 1. The minimum atomic E-state index is -0.795. The number of rotatable bonds is 6. The van der Waals surface area contributed by atoms with Gasteiger partial charge in [0.15, 0.2) is 0 Å². The third kappa shape index (κ3) is 6.29. The van der Waals surface area contributed by atoms with E-state index in [0.29, 0.717) is 22.2 Å². The summed E-state index contributed by atoms with van der Waals surface area (Å²) in [6.45, 7) is 8.90. The Hall–Kier alpha value is -2.15. The van der Waals surface area contributed by atoms with E-state index in [-0.39, 0.29) is 5.92 Å². The number of amides is 2. The molecular formula is C18H27ClN2O5. The molecule has 1 rings (SSSR count). The third-order valence-corrected chi connectivity index (χ3v) is 3.65. The van der Waals surface area contributed by atoms with Crippen LogP contribution in [0.15, 0.2) is 12.1 Å². The number of halogens is 1. The monoisotopic (exact) mass is 386 g/mol. The van der Waals surface area contributed by atoms with Crippen molar-refractivity contribution < 1.29 is 23.8 Å². The predicted octanol–water partition coefficient (Wildman–Crippen LogP) is 3.85. The molecule has 0 spiro atoms. The molecule has 146 valence electrons. The molecule has 1 unspecified atom stereocenters. The zero-order chi connectivity index (χ0) is 20.1. The molecule has 2 amide bonds. The van der Waals surface area contributed by atoms with Crippen molar-refractivity contribution in [2.45, 2.75) is 46.3 Å². The van der Waals surface area contributed by atoms with Crippen LogP contribution in [0.3, 0.4) is 0 Å². The molecule has 0 fully saturated rings. The van der Waals surface area contributed by atoms with Crippen molar-refractivity contribution in [3.8, 4) is 11.5 Å². The van der Waals surface area contributed by atoms with Crippen LogP contribution in [-0.2, 0) is 9.53 Å². The van der Waals surface area contributed by atoms with Gasteiger partial charge in [0.1, 0.15) is 23.1 Å². The molecule has 26 heavy (non-hydrogen) atoms. The van der Waals surface area contributed by atoms with Crippen LogP contribution in [0.5, 0.6) is 11.5 Å². The van der Waals surface area contributed by atoms with E-state index in [9.17, 15) is 9.59 Å². The summed E-state index contributed by atoms with van der Waals surface area (Å²) >= 11 is 6.07. The van der Waals surface area contributed by atoms with Gasteiger partial charge in [-0.05, 0) is 26.7 Å². The second-order valence-electron chi connectivity index (χ2n) is 7.04. The first kappa shape index (κ1) is 21.9. The molecule has 0 aliphatic carbocycles. The lowest BCUT2D eigenvalue weighted by molar-refractivity contribution is -0.119. The summed E-state index contributed by atoms with van der Waals surface area (Å²) in [5, 5.41) is 5.70. The van der Waals surface area contributed by atoms with Crippen LogP contribution >= 0.6 is 11.6 Å². The van der Waals surface area contributed by atoms with Gasteiger partial charge in [0.2, 0.25) is 5.91 Å². The molecule has 0 aromatic heterocycles. The van der Waals surface area contributed by atoms with Gasteiger partial charge in [0.05, 0.1) is 24.9 Å². The highest BCUT2D eigenvalue weighted by Gasteiger charge is 2.27. The van der Waals surface area contributed by atoms with Crippen LogP contribution in [-0.4, -0.2) is 37.9 Å². The van der Waals surface area contributed by atoms with Crippen LogP contribution in [0.4, 0.5) is 10.5 Å². The van der Waals surface area contributed by atoms with Gasteiger partial charge >= 0.3 is 6.09 Å². The maximum Gasteiger partial charge on any atom is 0.408 e. The van der Waals surface area contributed by atoms with Crippen LogP contribution in [0, 0.1) is 5.92 Å². The topological polar surface area (TPSA) is 85.9 Å². The molecular weight excluding hydrogens is 360 g/mol. The van der Waals surface area contributed by atoms with E-state index < -0.39 is 23.6 Å². The molecule has 8 heteroatoms. The van der Waals surface area contributed by atoms with E-state index in [4.69, 9.17) is 25.8 Å². The molecule has 7 nitrogen and oxygen atoms in total. The highest BCUT2D eigenvalue weighted by molar-refractivity contribution is 6.32. The first-order valence-corrected chi connectivity index (χ1v) is 8.58. The van der Waals surface area contributed by atoms with E-state index in [1.54, 1.807) is 32.9 Å². The predicted molar refractivity (Wildman–Crippen MR) is 101 cm³/mol. The highest BCUT2D eigenvalue weighted by atomic mass is 35.5. The minimum absolute atomic E-state index is 0.164. The normalized spacial score (nSPS) is 12.3. The molecule has 2 N–H and O–H groups in total. The molecule has 0 aliphatic heterocycles. The average molecular weight is 387 g/mol. The van der Waals surface area contributed by atoms with Crippen LogP contribution in [0.1, 0.15) is 34.6 Å². The van der Waals surface area contributed by atoms with Crippen molar-refractivity contribution >= 4 is 29.3 Å². The molecule has 0 saturated carbocycles. The van der Waals surface area contributed by atoms with Gasteiger partial charge in [-0.15, -0.1) is 0 Å². The maximum atomic E-state index is 12.7. The van der Waals surface area contributed by atoms with Gasteiger partial charge in [-0.3, -0.25) is 4.79 Å². The van der Waals surface area contributed by atoms with Gasteiger partial charge in [0, 0.05) is 12.1 Å². The largest absolute Gasteiger partial charge is 0.495 e. The number of carbonyl (C=O) groups is 2. The third-order valence-electron chi connectivity index (χ3n) is 3.35. The lowest BCUT2D eigenvalue weighted by atomic mass is 10.0. The Labute approximate surface area is 159 Å². The smallest absolute Gasteiger partial charge is 0.408 e. The second kappa shape index (κ2) is 8.98. The number of ether oxygens (including phenoxy) is 3. The Morgan fingerprint density at radius 3 is 2.12 bits per heavy atom. The summed E-state index contributed by atoms with van der Waals surface area (Å²) in [7, 11) is 2.94. The van der Waals surface area contributed by atoms with E-state index in [1.807, 2.05) is 13.8 Å². The Morgan fingerprint density at radius 2 is 1.65 bits per heavy atom. The van der Waals surface area contributed by atoms with E-state index in [2.05, 4.69) is 10.6 Å². The van der Waals surface area contributed by atoms with Crippen LogP contribution in [0.25, 0.3) is 0 Å². The molecule has 0 bridgehead atoms. The maximum absolute atomic E-state index is 12.7. The van der Waals surface area contributed by atoms with Gasteiger partial charge in [-0.25, -0.2) is 4.79 Å². The standard InChI is InChI=1S/C18H27ClN2O5/c1-10(2)15(21-17(23)26-18(3,4)5)16(22)20-12-9-13(24-6)11(19)8-14(12)25-7/h8-10,15H,1-7H3,(H,20,22)(H,21,23). The van der Waals surface area contributed by atoms with Gasteiger partial charge in [-0.1, -0.05) is 25.4 Å². The van der Waals surface area contributed by atoms with Gasteiger partial charge in [-0.2, -0.15) is 0 Å². The van der Waals surface area contributed by atoms with E-state index in [1.165, 1.54) is 14.2 Å². The average Bonchev–Trinajstić information content (AvgIpc) is 2.51. The number of nitrogens with one attached hydrogen (secondary N) is 2. The zero-order valence-corrected chi connectivity index (χ0v) is 17.0. The Kier molecular flexibility index (Phi) is 7.56. The lowest BCUT2D eigenvalue weighted by Gasteiger charge is -2.25. The molecule has 1 atom stereocenters. The second-order valence-corrected chi connectivity index (χ2v) is 7.45. The number of carbonyl (C=O) groups excluding carboxylic acids is 2. The fourth-order valence-electron chi connectivity index (χ4n) is 2.14. The number of anilines is 1. The van der Waals surface area contributed by atoms with Crippen molar-refractivity contribution in [3.63, 3.8) is 0 Å².